The molecule has 0 amide bonds. The molecule has 1 N–H and O–H groups in total. The summed E-state index contributed by atoms with van der Waals surface area (Å²) in [5.41, 5.74) is 0. The van der Waals surface area contributed by atoms with Gasteiger partial charge in [-0.15, -0.1) is 13.2 Å². The lowest BCUT2D eigenvalue weighted by Crippen LogP contribution is -2.15. The zero-order valence-electron chi connectivity index (χ0n) is 4.73. The van der Waals surface area contributed by atoms with Gasteiger partial charge in [-0.3, -0.25) is 4.72 Å². The molecular formula is C4H4F3NOS. The maximum atomic E-state index is 11.4. The Morgan fingerprint density at radius 3 is 2.70 bits per heavy atom. The minimum atomic E-state index is -4.56. The number of rotatable bonds is 1. The molecule has 0 saturated carbocycles. The molecule has 0 bridgehead atoms. The van der Waals surface area contributed by atoms with Crippen LogP contribution in [0.3, 0.4) is 0 Å². The molecule has 0 fully saturated rings. The molecule has 0 aromatic carbocycles. The van der Waals surface area contributed by atoms with Crippen LogP contribution in [0, 0.1) is 0 Å². The second-order valence-corrected chi connectivity index (χ2v) is 2.33. The minimum Gasteiger partial charge on any atom is -0.408 e. The Kier molecular flexibility index (Phi) is 2.10. The fraction of sp³-hybridized carbons (Fsp3) is 0.500. The molecule has 6 heteroatoms. The molecule has 0 radical (unpaired) electrons. The van der Waals surface area contributed by atoms with Crippen LogP contribution in [0.15, 0.2) is 11.2 Å². The molecule has 1 heterocycles. The number of hydrogen-bond donors (Lipinski definition) is 1. The third-order valence-electron chi connectivity index (χ3n) is 0.767. The third-order valence-corrected chi connectivity index (χ3v) is 1.46. The molecule has 0 aliphatic carbocycles. The highest BCUT2D eigenvalue weighted by molar-refractivity contribution is 8.00. The largest absolute Gasteiger partial charge is 0.572 e. The number of nitrogens with one attached hydrogen (secondary N) is 1. The number of ether oxygens (including phenoxy) is 1. The average Bonchev–Trinajstić information content (AvgIpc) is 2.12. The number of hydrogen-bond acceptors (Lipinski definition) is 3. The zero-order valence-corrected chi connectivity index (χ0v) is 5.55. The molecule has 1 aliphatic heterocycles. The van der Waals surface area contributed by atoms with E-state index in [9.17, 15) is 13.2 Å². The van der Waals surface area contributed by atoms with Crippen LogP contribution in [-0.2, 0) is 4.74 Å². The Morgan fingerprint density at radius 1 is 1.60 bits per heavy atom. The van der Waals surface area contributed by atoms with Crippen molar-refractivity contribution in [2.45, 2.75) is 6.36 Å². The van der Waals surface area contributed by atoms with Crippen LogP contribution in [0.4, 0.5) is 13.2 Å². The molecule has 0 unspecified atom stereocenters. The first-order valence-electron chi connectivity index (χ1n) is 2.41. The summed E-state index contributed by atoms with van der Waals surface area (Å²) >= 11 is 1.09. The smallest absolute Gasteiger partial charge is 0.408 e. The normalized spacial score (nSPS) is 18.9. The molecule has 0 saturated heterocycles. The molecule has 2 nitrogen and oxygen atoms in total. The van der Waals surface area contributed by atoms with E-state index in [0.717, 1.165) is 11.9 Å². The predicted molar refractivity (Wildman–Crippen MR) is 30.8 cm³/mol. The van der Waals surface area contributed by atoms with Crippen molar-refractivity contribution in [1.82, 2.24) is 4.72 Å². The van der Waals surface area contributed by atoms with E-state index < -0.39 is 6.36 Å². The quantitative estimate of drug-likeness (QED) is 0.605. The van der Waals surface area contributed by atoms with Crippen molar-refractivity contribution in [2.75, 3.05) is 6.54 Å². The Labute approximate surface area is 59.6 Å². The van der Waals surface area contributed by atoms with Crippen LogP contribution < -0.4 is 4.72 Å². The van der Waals surface area contributed by atoms with Gasteiger partial charge in [0.1, 0.15) is 5.76 Å². The standard InChI is InChI=1S/C4H4F3NOS/c5-4(6,7)9-3-1-8-10-2-3/h2,8H,1H2. The van der Waals surface area contributed by atoms with Crippen molar-refractivity contribution < 1.29 is 17.9 Å². The molecule has 0 spiro atoms. The second kappa shape index (κ2) is 2.71. The molecule has 1 aliphatic rings. The van der Waals surface area contributed by atoms with E-state index in [1.54, 1.807) is 0 Å². The van der Waals surface area contributed by atoms with E-state index in [1.165, 1.54) is 5.41 Å². The van der Waals surface area contributed by atoms with Crippen LogP contribution in [0.5, 0.6) is 0 Å². The SMILES string of the molecule is FC(F)(F)OC1=CSNC1. The van der Waals surface area contributed by atoms with E-state index >= 15 is 0 Å². The first-order valence-corrected chi connectivity index (χ1v) is 3.29. The van der Waals surface area contributed by atoms with Crippen molar-refractivity contribution in [3.05, 3.63) is 11.2 Å². The minimum absolute atomic E-state index is 0.0856. The Balaban J connectivity index is 2.38. The Bertz CT molecular complexity index is 155. The average molecular weight is 171 g/mol. The van der Waals surface area contributed by atoms with Gasteiger partial charge in [-0.1, -0.05) is 0 Å². The highest BCUT2D eigenvalue weighted by atomic mass is 32.2. The van der Waals surface area contributed by atoms with Gasteiger partial charge in [-0.2, -0.15) is 0 Å². The zero-order chi connectivity index (χ0) is 7.61. The summed E-state index contributed by atoms with van der Waals surface area (Å²) in [6.45, 7) is 0.129. The van der Waals surface area contributed by atoms with Crippen LogP contribution in [0.1, 0.15) is 0 Å². The summed E-state index contributed by atoms with van der Waals surface area (Å²) in [5, 5.41) is 1.29. The van der Waals surface area contributed by atoms with Gasteiger partial charge in [0.15, 0.2) is 0 Å². The maximum absolute atomic E-state index is 11.4. The lowest BCUT2D eigenvalue weighted by molar-refractivity contribution is -0.305. The van der Waals surface area contributed by atoms with Crippen molar-refractivity contribution in [2.24, 2.45) is 0 Å². The fourth-order valence-corrected chi connectivity index (χ4v) is 1.04. The number of halogens is 3. The summed E-state index contributed by atoms with van der Waals surface area (Å²) in [6, 6.07) is 0. The first-order chi connectivity index (χ1) is 4.58. The van der Waals surface area contributed by atoms with E-state index in [1.807, 2.05) is 0 Å². The summed E-state index contributed by atoms with van der Waals surface area (Å²) in [7, 11) is 0. The monoisotopic (exact) mass is 171 g/mol. The molecule has 10 heavy (non-hydrogen) atoms. The molecule has 0 aromatic heterocycles. The van der Waals surface area contributed by atoms with Crippen LogP contribution in [-0.4, -0.2) is 12.9 Å². The molecule has 58 valence electrons. The van der Waals surface area contributed by atoms with Crippen molar-refractivity contribution in [1.29, 1.82) is 0 Å². The van der Waals surface area contributed by atoms with Gasteiger partial charge in [-0.25, -0.2) is 0 Å². The highest BCUT2D eigenvalue weighted by Gasteiger charge is 2.32. The van der Waals surface area contributed by atoms with Crippen LogP contribution in [0.2, 0.25) is 0 Å². The maximum Gasteiger partial charge on any atom is 0.572 e. The lowest BCUT2D eigenvalue weighted by atomic mass is 10.6. The lowest BCUT2D eigenvalue weighted by Gasteiger charge is -2.07. The summed E-state index contributed by atoms with van der Waals surface area (Å²) < 4.78 is 40.4. The topological polar surface area (TPSA) is 21.3 Å². The molecule has 1 rings (SSSR count). The number of alkyl halides is 3. The summed E-state index contributed by atoms with van der Waals surface area (Å²) in [5.74, 6) is -0.0856. The fourth-order valence-electron chi connectivity index (χ4n) is 0.471. The van der Waals surface area contributed by atoms with Gasteiger partial charge >= 0.3 is 6.36 Å². The first kappa shape index (κ1) is 7.74. The molecule has 0 atom stereocenters. The van der Waals surface area contributed by atoms with Crippen LogP contribution >= 0.6 is 11.9 Å². The van der Waals surface area contributed by atoms with E-state index in [4.69, 9.17) is 0 Å². The predicted octanol–water partition coefficient (Wildman–Crippen LogP) is 1.62. The van der Waals surface area contributed by atoms with Crippen LogP contribution in [0.25, 0.3) is 0 Å². The highest BCUT2D eigenvalue weighted by Crippen LogP contribution is 2.23. The summed E-state index contributed by atoms with van der Waals surface area (Å²) in [4.78, 5) is 0. The second-order valence-electron chi connectivity index (χ2n) is 1.57. The van der Waals surface area contributed by atoms with Gasteiger partial charge in [-0.05, 0) is 11.9 Å². The molecular weight excluding hydrogens is 167 g/mol. The van der Waals surface area contributed by atoms with Crippen molar-refractivity contribution in [3.63, 3.8) is 0 Å². The van der Waals surface area contributed by atoms with Gasteiger partial charge in [0, 0.05) is 5.41 Å². The Hall–Kier alpha value is -0.360. The van der Waals surface area contributed by atoms with Crippen molar-refractivity contribution >= 4 is 11.9 Å². The van der Waals surface area contributed by atoms with Gasteiger partial charge in [0.25, 0.3) is 0 Å². The van der Waals surface area contributed by atoms with E-state index in [0.29, 0.717) is 0 Å². The third kappa shape index (κ3) is 2.49. The van der Waals surface area contributed by atoms with Gasteiger partial charge in [0.05, 0.1) is 6.54 Å². The summed E-state index contributed by atoms with van der Waals surface area (Å²) in [6.07, 6.45) is -4.56. The van der Waals surface area contributed by atoms with E-state index in [2.05, 4.69) is 9.46 Å². The van der Waals surface area contributed by atoms with Gasteiger partial charge < -0.3 is 4.74 Å². The van der Waals surface area contributed by atoms with E-state index in [-0.39, 0.29) is 12.3 Å². The van der Waals surface area contributed by atoms with Crippen molar-refractivity contribution in [3.8, 4) is 0 Å². The Morgan fingerprint density at radius 2 is 2.30 bits per heavy atom. The molecule has 0 aromatic rings. The van der Waals surface area contributed by atoms with Gasteiger partial charge in [0.2, 0.25) is 0 Å².